The van der Waals surface area contributed by atoms with Gasteiger partial charge in [0.05, 0.1) is 17.0 Å². The van der Waals surface area contributed by atoms with Crippen LogP contribution in [0.4, 0.5) is 5.69 Å². The number of ketones is 1. The zero-order chi connectivity index (χ0) is 18.6. The average molecular weight is 355 g/mol. The Balaban J connectivity index is 1.75. The Kier molecular flexibility index (Phi) is 4.84. The molecule has 3 nitrogen and oxygen atoms in total. The first-order chi connectivity index (χ1) is 13.2. The van der Waals surface area contributed by atoms with Crippen molar-refractivity contribution in [1.29, 1.82) is 0 Å². The van der Waals surface area contributed by atoms with Crippen molar-refractivity contribution in [3.05, 3.63) is 89.7 Å². The maximum absolute atomic E-state index is 12.6. The van der Waals surface area contributed by atoms with Crippen LogP contribution in [0.5, 0.6) is 0 Å². The van der Waals surface area contributed by atoms with Crippen LogP contribution in [0.15, 0.2) is 89.1 Å². The molecule has 1 saturated carbocycles. The number of allylic oxidation sites excluding steroid dienone is 2. The fourth-order valence-electron chi connectivity index (χ4n) is 3.64. The summed E-state index contributed by atoms with van der Waals surface area (Å²) in [6, 6.07) is 23.7. The first-order valence-corrected chi connectivity index (χ1v) is 9.27. The van der Waals surface area contributed by atoms with Crippen LogP contribution in [-0.2, 0) is 11.2 Å². The first-order valence-electron chi connectivity index (χ1n) is 9.27. The molecule has 0 spiro atoms. The normalized spacial score (nSPS) is 18.1. The van der Waals surface area contributed by atoms with Gasteiger partial charge in [-0.2, -0.15) is 0 Å². The van der Waals surface area contributed by atoms with E-state index in [-0.39, 0.29) is 11.5 Å². The Morgan fingerprint density at radius 1 is 0.889 bits per heavy atom. The van der Waals surface area contributed by atoms with E-state index in [2.05, 4.69) is 17.1 Å². The first kappa shape index (κ1) is 17.2. The Morgan fingerprint density at radius 3 is 2.48 bits per heavy atom. The number of hydrogen-bond donors (Lipinski definition) is 1. The number of para-hydroxylation sites is 1. The van der Waals surface area contributed by atoms with Gasteiger partial charge in [-0.1, -0.05) is 60.7 Å². The lowest BCUT2D eigenvalue weighted by Gasteiger charge is -2.18. The molecule has 3 aromatic carbocycles. The second-order valence-electron chi connectivity index (χ2n) is 6.81. The molecule has 0 aromatic heterocycles. The number of carbonyl (C=O) groups is 1. The number of fused-ring (bicyclic) bond motifs is 1. The molecule has 0 amide bonds. The van der Waals surface area contributed by atoms with Crippen LogP contribution < -0.4 is 0 Å². The summed E-state index contributed by atoms with van der Waals surface area (Å²) >= 11 is 0. The maximum Gasteiger partial charge on any atom is 0.168 e. The fourth-order valence-corrected chi connectivity index (χ4v) is 3.64. The second kappa shape index (κ2) is 7.58. The monoisotopic (exact) mass is 355 g/mol. The number of rotatable bonds is 3. The number of benzene rings is 3. The van der Waals surface area contributed by atoms with Crippen LogP contribution in [0.2, 0.25) is 0 Å². The standard InChI is InChI=1S/C24H21NO2/c26-22-15-7-14-21(25-19-11-2-1-3-12-19)24(22)23(27)16-18-10-6-9-17-8-4-5-13-20(17)18/h1-6,8-13,27H,7,14-16H2/b24-23+,25-21?. The lowest BCUT2D eigenvalue weighted by molar-refractivity contribution is -0.115. The summed E-state index contributed by atoms with van der Waals surface area (Å²) in [5.74, 6) is 0.0967. The molecule has 3 aromatic rings. The molecule has 0 aliphatic heterocycles. The van der Waals surface area contributed by atoms with Crippen LogP contribution in [0, 0.1) is 0 Å². The highest BCUT2D eigenvalue weighted by molar-refractivity contribution is 6.24. The number of aliphatic hydroxyl groups is 1. The van der Waals surface area contributed by atoms with Gasteiger partial charge in [-0.15, -0.1) is 0 Å². The van der Waals surface area contributed by atoms with E-state index in [9.17, 15) is 9.90 Å². The Morgan fingerprint density at radius 2 is 1.63 bits per heavy atom. The Hall–Kier alpha value is -3.20. The van der Waals surface area contributed by atoms with Gasteiger partial charge >= 0.3 is 0 Å². The molecular formula is C24H21NO2. The van der Waals surface area contributed by atoms with E-state index in [1.807, 2.05) is 60.7 Å². The van der Waals surface area contributed by atoms with E-state index in [0.717, 1.165) is 28.4 Å². The summed E-state index contributed by atoms with van der Waals surface area (Å²) in [7, 11) is 0. The van der Waals surface area contributed by atoms with Crippen molar-refractivity contribution in [2.45, 2.75) is 25.7 Å². The molecule has 1 N–H and O–H groups in total. The zero-order valence-corrected chi connectivity index (χ0v) is 15.1. The number of aliphatic imine (C=N–C) groups is 1. The minimum atomic E-state index is -0.0198. The highest BCUT2D eigenvalue weighted by atomic mass is 16.3. The van der Waals surface area contributed by atoms with Crippen molar-refractivity contribution in [2.75, 3.05) is 0 Å². The Labute approximate surface area is 158 Å². The lowest BCUT2D eigenvalue weighted by Crippen LogP contribution is -2.21. The molecule has 1 aliphatic rings. The molecule has 1 aliphatic carbocycles. The molecule has 0 heterocycles. The maximum atomic E-state index is 12.6. The van der Waals surface area contributed by atoms with Gasteiger partial charge in [-0.05, 0) is 41.3 Å². The van der Waals surface area contributed by atoms with Crippen LogP contribution in [-0.4, -0.2) is 16.6 Å². The number of aliphatic hydroxyl groups excluding tert-OH is 1. The van der Waals surface area contributed by atoms with E-state index >= 15 is 0 Å². The molecule has 4 rings (SSSR count). The average Bonchev–Trinajstić information content (AvgIpc) is 2.69. The highest BCUT2D eigenvalue weighted by Gasteiger charge is 2.25. The van der Waals surface area contributed by atoms with Crippen molar-refractivity contribution in [2.24, 2.45) is 4.99 Å². The van der Waals surface area contributed by atoms with E-state index < -0.39 is 0 Å². The molecule has 0 atom stereocenters. The van der Waals surface area contributed by atoms with E-state index in [1.165, 1.54) is 0 Å². The number of nitrogens with zero attached hydrogens (tertiary/aromatic N) is 1. The molecule has 0 unspecified atom stereocenters. The highest BCUT2D eigenvalue weighted by Crippen LogP contribution is 2.27. The van der Waals surface area contributed by atoms with Crippen molar-refractivity contribution in [3.8, 4) is 0 Å². The predicted molar refractivity (Wildman–Crippen MR) is 110 cm³/mol. The zero-order valence-electron chi connectivity index (χ0n) is 15.1. The van der Waals surface area contributed by atoms with Gasteiger partial charge in [0.2, 0.25) is 0 Å². The summed E-state index contributed by atoms with van der Waals surface area (Å²) in [6.07, 6.45) is 2.27. The number of Topliss-reactive ketones (excluding diaryl/α,β-unsaturated/α-hetero) is 1. The van der Waals surface area contributed by atoms with Crippen molar-refractivity contribution in [1.82, 2.24) is 0 Å². The molecule has 1 fully saturated rings. The van der Waals surface area contributed by atoms with Gasteiger partial charge in [0.25, 0.3) is 0 Å². The summed E-state index contributed by atoms with van der Waals surface area (Å²) in [5.41, 5.74) is 2.90. The van der Waals surface area contributed by atoms with Gasteiger partial charge in [-0.3, -0.25) is 9.79 Å². The van der Waals surface area contributed by atoms with Crippen LogP contribution >= 0.6 is 0 Å². The van der Waals surface area contributed by atoms with Gasteiger partial charge < -0.3 is 5.11 Å². The molecular weight excluding hydrogens is 334 g/mol. The molecule has 0 radical (unpaired) electrons. The second-order valence-corrected chi connectivity index (χ2v) is 6.81. The molecule has 3 heteroatoms. The third-order valence-corrected chi connectivity index (χ3v) is 4.93. The van der Waals surface area contributed by atoms with Crippen LogP contribution in [0.1, 0.15) is 24.8 Å². The van der Waals surface area contributed by atoms with Gasteiger partial charge in [0, 0.05) is 12.8 Å². The summed E-state index contributed by atoms with van der Waals surface area (Å²) in [4.78, 5) is 17.2. The predicted octanol–water partition coefficient (Wildman–Crippen LogP) is 5.72. The Bertz CT molecular complexity index is 1040. The quantitative estimate of drug-likeness (QED) is 0.482. The van der Waals surface area contributed by atoms with Crippen molar-refractivity contribution < 1.29 is 9.90 Å². The summed E-state index contributed by atoms with van der Waals surface area (Å²) in [5, 5.41) is 13.1. The minimum absolute atomic E-state index is 0.0198. The number of hydrogen-bond acceptors (Lipinski definition) is 3. The van der Waals surface area contributed by atoms with E-state index in [1.54, 1.807) is 0 Å². The third kappa shape index (κ3) is 3.68. The van der Waals surface area contributed by atoms with Crippen LogP contribution in [0.25, 0.3) is 10.8 Å². The molecule has 0 bridgehead atoms. The lowest BCUT2D eigenvalue weighted by atomic mass is 9.88. The van der Waals surface area contributed by atoms with Gasteiger partial charge in [0.15, 0.2) is 5.78 Å². The smallest absolute Gasteiger partial charge is 0.168 e. The summed E-state index contributed by atoms with van der Waals surface area (Å²) in [6.45, 7) is 0. The third-order valence-electron chi connectivity index (χ3n) is 4.93. The van der Waals surface area contributed by atoms with E-state index in [0.29, 0.717) is 30.5 Å². The van der Waals surface area contributed by atoms with Crippen LogP contribution in [0.3, 0.4) is 0 Å². The molecule has 134 valence electrons. The summed E-state index contributed by atoms with van der Waals surface area (Å²) < 4.78 is 0. The molecule has 27 heavy (non-hydrogen) atoms. The van der Waals surface area contributed by atoms with Gasteiger partial charge in [-0.25, -0.2) is 0 Å². The fraction of sp³-hybridized carbons (Fsp3) is 0.167. The molecule has 0 saturated heterocycles. The number of carbonyl (C=O) groups excluding carboxylic acids is 1. The topological polar surface area (TPSA) is 49.7 Å². The van der Waals surface area contributed by atoms with Crippen molar-refractivity contribution in [3.63, 3.8) is 0 Å². The van der Waals surface area contributed by atoms with Gasteiger partial charge in [0.1, 0.15) is 5.76 Å². The SMILES string of the molecule is O=C1CCCC(=Nc2ccccc2)/C1=C(\O)Cc1cccc2ccccc12. The largest absolute Gasteiger partial charge is 0.511 e. The van der Waals surface area contributed by atoms with Crippen molar-refractivity contribution >= 4 is 28.0 Å². The van der Waals surface area contributed by atoms with E-state index in [4.69, 9.17) is 0 Å². The minimum Gasteiger partial charge on any atom is -0.511 e.